The molecule has 0 saturated carbocycles. The molecule has 4 rings (SSSR count). The number of fused-ring (bicyclic) bond motifs is 1. The van der Waals surface area contributed by atoms with E-state index in [1.165, 1.54) is 16.8 Å². The third-order valence-electron chi connectivity index (χ3n) is 3.88. The van der Waals surface area contributed by atoms with E-state index in [1.54, 1.807) is 24.5 Å². The maximum Gasteiger partial charge on any atom is 0.270 e. The Morgan fingerprint density at radius 2 is 2.08 bits per heavy atom. The Bertz CT molecular complexity index is 1060. The van der Waals surface area contributed by atoms with Crippen LogP contribution in [-0.2, 0) is 0 Å². The minimum Gasteiger partial charge on any atom is -0.461 e. The van der Waals surface area contributed by atoms with Gasteiger partial charge in [0.2, 0.25) is 11.8 Å². The van der Waals surface area contributed by atoms with Gasteiger partial charge >= 0.3 is 0 Å². The summed E-state index contributed by atoms with van der Waals surface area (Å²) in [6.45, 7) is 1.88. The van der Waals surface area contributed by atoms with Crippen molar-refractivity contribution in [3.8, 4) is 11.6 Å². The van der Waals surface area contributed by atoms with Crippen molar-refractivity contribution in [2.45, 2.75) is 13.0 Å². The molecule has 0 aliphatic rings. The minimum absolute atomic E-state index is 0.0644. The lowest BCUT2D eigenvalue weighted by Crippen LogP contribution is -2.28. The Hall–Kier alpha value is -3.75. The maximum atomic E-state index is 12.5. The zero-order valence-electron chi connectivity index (χ0n) is 13.8. The first-order valence-corrected chi connectivity index (χ1v) is 7.90. The zero-order valence-corrected chi connectivity index (χ0v) is 13.8. The maximum absolute atomic E-state index is 12.5. The first-order chi connectivity index (χ1) is 12.6. The Morgan fingerprint density at radius 3 is 2.81 bits per heavy atom. The van der Waals surface area contributed by atoms with E-state index in [9.17, 15) is 4.79 Å². The molecule has 26 heavy (non-hydrogen) atoms. The van der Waals surface area contributed by atoms with Gasteiger partial charge in [-0.25, -0.2) is 9.97 Å². The Morgan fingerprint density at radius 1 is 1.27 bits per heavy atom. The smallest absolute Gasteiger partial charge is 0.270 e. The number of furan rings is 1. The summed E-state index contributed by atoms with van der Waals surface area (Å²) >= 11 is 0. The van der Waals surface area contributed by atoms with Crippen molar-refractivity contribution in [2.24, 2.45) is 0 Å². The van der Waals surface area contributed by atoms with Crippen molar-refractivity contribution in [1.82, 2.24) is 29.9 Å². The molecular formula is C17H15N7O2. The summed E-state index contributed by atoms with van der Waals surface area (Å²) in [6, 6.07) is 8.48. The van der Waals surface area contributed by atoms with Gasteiger partial charge in [0.1, 0.15) is 5.69 Å². The summed E-state index contributed by atoms with van der Waals surface area (Å²) in [6.07, 6.45) is 4.88. The molecular weight excluding hydrogens is 334 g/mol. The van der Waals surface area contributed by atoms with Gasteiger partial charge in [0, 0.05) is 18.5 Å². The number of hydrogen-bond donors (Lipinski definition) is 2. The van der Waals surface area contributed by atoms with Crippen molar-refractivity contribution in [3.63, 3.8) is 0 Å². The van der Waals surface area contributed by atoms with Gasteiger partial charge in [-0.15, -0.1) is 5.10 Å². The molecule has 1 amide bonds. The summed E-state index contributed by atoms with van der Waals surface area (Å²) in [7, 11) is 0. The number of aromatic nitrogens is 5. The lowest BCUT2D eigenvalue weighted by atomic mass is 10.1. The molecule has 0 fully saturated rings. The van der Waals surface area contributed by atoms with Gasteiger partial charge in [-0.2, -0.15) is 4.52 Å². The Labute approximate surface area is 147 Å². The van der Waals surface area contributed by atoms with Gasteiger partial charge in [-0.1, -0.05) is 0 Å². The van der Waals surface area contributed by atoms with Gasteiger partial charge in [-0.3, -0.25) is 9.78 Å². The van der Waals surface area contributed by atoms with Crippen LogP contribution >= 0.6 is 0 Å². The van der Waals surface area contributed by atoms with Crippen molar-refractivity contribution in [1.29, 1.82) is 0 Å². The predicted octanol–water partition coefficient (Wildman–Crippen LogP) is 1.85. The van der Waals surface area contributed by atoms with E-state index in [1.807, 2.05) is 19.1 Å². The average Bonchev–Trinajstić information content (AvgIpc) is 3.31. The zero-order chi connectivity index (χ0) is 18.1. The minimum atomic E-state index is -0.355. The largest absolute Gasteiger partial charge is 0.461 e. The van der Waals surface area contributed by atoms with E-state index in [0.717, 1.165) is 5.56 Å². The highest BCUT2D eigenvalue weighted by molar-refractivity contribution is 5.93. The molecule has 0 saturated heterocycles. The quantitative estimate of drug-likeness (QED) is 0.576. The van der Waals surface area contributed by atoms with Crippen molar-refractivity contribution >= 4 is 17.5 Å². The molecule has 1 unspecified atom stereocenters. The molecule has 4 aromatic heterocycles. The normalized spacial score (nSPS) is 12.2. The van der Waals surface area contributed by atoms with Crippen LogP contribution in [-0.4, -0.2) is 30.5 Å². The lowest BCUT2D eigenvalue weighted by Gasteiger charge is -2.13. The lowest BCUT2D eigenvalue weighted by molar-refractivity contribution is 0.0935. The molecule has 0 bridgehead atoms. The first kappa shape index (κ1) is 15.8. The fourth-order valence-electron chi connectivity index (χ4n) is 2.54. The van der Waals surface area contributed by atoms with E-state index < -0.39 is 0 Å². The number of pyridine rings is 1. The van der Waals surface area contributed by atoms with Gasteiger partial charge in [0.05, 0.1) is 12.3 Å². The molecule has 4 aromatic rings. The number of carbonyl (C=O) groups is 1. The van der Waals surface area contributed by atoms with E-state index in [4.69, 9.17) is 10.2 Å². The molecule has 4 heterocycles. The summed E-state index contributed by atoms with van der Waals surface area (Å²) in [5.74, 6) is 0.581. The van der Waals surface area contributed by atoms with Crippen LogP contribution in [0.25, 0.3) is 17.2 Å². The van der Waals surface area contributed by atoms with E-state index in [2.05, 4.69) is 25.4 Å². The standard InChI is InChI=1S/C17H15N7O2/c1-10(11-4-6-19-7-5-11)20-16(25)12-9-14-22-15(13-3-2-8-26-13)23-24(14)17(18)21-12/h2-10H,1H3,(H2,18,21)(H,20,25). The van der Waals surface area contributed by atoms with Gasteiger partial charge in [0.15, 0.2) is 11.4 Å². The van der Waals surface area contributed by atoms with E-state index in [0.29, 0.717) is 17.2 Å². The predicted molar refractivity (Wildman–Crippen MR) is 93.0 cm³/mol. The van der Waals surface area contributed by atoms with Gasteiger partial charge in [0.25, 0.3) is 5.91 Å². The second-order valence-electron chi connectivity index (χ2n) is 5.66. The van der Waals surface area contributed by atoms with Gasteiger partial charge in [-0.05, 0) is 36.8 Å². The van der Waals surface area contributed by atoms with Crippen molar-refractivity contribution < 1.29 is 9.21 Å². The molecule has 9 nitrogen and oxygen atoms in total. The molecule has 1 atom stereocenters. The summed E-state index contributed by atoms with van der Waals surface area (Å²) < 4.78 is 6.65. The van der Waals surface area contributed by atoms with Crippen LogP contribution in [0.4, 0.5) is 5.95 Å². The number of carbonyl (C=O) groups excluding carboxylic acids is 1. The molecule has 0 radical (unpaired) electrons. The average molecular weight is 349 g/mol. The first-order valence-electron chi connectivity index (χ1n) is 7.90. The number of nitrogens with zero attached hydrogens (tertiary/aromatic N) is 5. The molecule has 9 heteroatoms. The summed E-state index contributed by atoms with van der Waals surface area (Å²) in [5, 5.41) is 7.13. The molecule has 0 aliphatic heterocycles. The number of nitrogen functional groups attached to an aromatic ring is 1. The van der Waals surface area contributed by atoms with Crippen LogP contribution < -0.4 is 11.1 Å². The number of anilines is 1. The number of nitrogens with two attached hydrogens (primary N) is 1. The summed E-state index contributed by atoms with van der Waals surface area (Å²) in [5.41, 5.74) is 7.44. The SMILES string of the molecule is CC(NC(=O)c1cc2nc(-c3ccco3)nn2c(N)n1)c1ccncc1. The molecule has 0 aliphatic carbocycles. The fourth-order valence-corrected chi connectivity index (χ4v) is 2.54. The number of hydrogen-bond acceptors (Lipinski definition) is 7. The second-order valence-corrected chi connectivity index (χ2v) is 5.66. The van der Waals surface area contributed by atoms with E-state index in [-0.39, 0.29) is 23.6 Å². The monoisotopic (exact) mass is 349 g/mol. The summed E-state index contributed by atoms with van der Waals surface area (Å²) in [4.78, 5) is 25.0. The third-order valence-corrected chi connectivity index (χ3v) is 3.88. The van der Waals surface area contributed by atoms with Crippen LogP contribution in [0.5, 0.6) is 0 Å². The highest BCUT2D eigenvalue weighted by Crippen LogP contribution is 2.18. The Kier molecular flexibility index (Phi) is 3.81. The van der Waals surface area contributed by atoms with Crippen LogP contribution in [0.15, 0.2) is 53.4 Å². The Balaban J connectivity index is 1.63. The molecule has 0 aromatic carbocycles. The molecule has 3 N–H and O–H groups in total. The van der Waals surface area contributed by atoms with Crippen LogP contribution in [0.2, 0.25) is 0 Å². The number of nitrogens with one attached hydrogen (secondary N) is 1. The van der Waals surface area contributed by atoms with Crippen LogP contribution in [0.1, 0.15) is 29.0 Å². The fraction of sp³-hybridized carbons (Fsp3) is 0.118. The molecule has 0 spiro atoms. The van der Waals surface area contributed by atoms with E-state index >= 15 is 0 Å². The number of amides is 1. The second kappa shape index (κ2) is 6.28. The van der Waals surface area contributed by atoms with Crippen molar-refractivity contribution in [2.75, 3.05) is 5.73 Å². The number of rotatable bonds is 4. The van der Waals surface area contributed by atoms with Crippen LogP contribution in [0.3, 0.4) is 0 Å². The highest BCUT2D eigenvalue weighted by Gasteiger charge is 2.17. The topological polar surface area (TPSA) is 124 Å². The van der Waals surface area contributed by atoms with Crippen molar-refractivity contribution in [3.05, 3.63) is 60.2 Å². The molecule has 130 valence electrons. The highest BCUT2D eigenvalue weighted by atomic mass is 16.3. The van der Waals surface area contributed by atoms with Gasteiger partial charge < -0.3 is 15.5 Å². The van der Waals surface area contributed by atoms with Crippen LogP contribution in [0, 0.1) is 0 Å². The third kappa shape index (κ3) is 2.86.